The highest BCUT2D eigenvalue weighted by Crippen LogP contribution is 2.40. The van der Waals surface area contributed by atoms with Gasteiger partial charge in [-0.25, -0.2) is 0 Å². The van der Waals surface area contributed by atoms with Crippen molar-refractivity contribution in [2.24, 2.45) is 11.8 Å². The molecular formula is C13H25NO. The third kappa shape index (κ3) is 2.07. The van der Waals surface area contributed by atoms with E-state index in [-0.39, 0.29) is 0 Å². The maximum atomic E-state index is 5.65. The number of fused-ring (bicyclic) bond motifs is 1. The van der Waals surface area contributed by atoms with Crippen LogP contribution >= 0.6 is 0 Å². The Balaban J connectivity index is 2.14. The van der Waals surface area contributed by atoms with E-state index in [1.54, 1.807) is 0 Å². The Bertz CT molecular complexity index is 221. The molecule has 2 aliphatic heterocycles. The summed E-state index contributed by atoms with van der Waals surface area (Å²) in [5, 5.41) is 0. The van der Waals surface area contributed by atoms with Crippen LogP contribution in [0.2, 0.25) is 0 Å². The smallest absolute Gasteiger partial charge is 0.0512 e. The van der Waals surface area contributed by atoms with Crippen LogP contribution < -0.4 is 0 Å². The zero-order valence-electron chi connectivity index (χ0n) is 10.6. The van der Waals surface area contributed by atoms with Gasteiger partial charge in [0.05, 0.1) is 6.61 Å². The summed E-state index contributed by atoms with van der Waals surface area (Å²) in [4.78, 5) is 2.71. The highest BCUT2D eigenvalue weighted by Gasteiger charge is 2.45. The Morgan fingerprint density at radius 2 is 2.07 bits per heavy atom. The molecule has 2 aliphatic rings. The van der Waals surface area contributed by atoms with E-state index in [4.69, 9.17) is 4.74 Å². The Morgan fingerprint density at radius 3 is 2.67 bits per heavy atom. The molecule has 0 amide bonds. The molecule has 0 aromatic carbocycles. The van der Waals surface area contributed by atoms with Gasteiger partial charge in [-0.05, 0) is 39.5 Å². The Hall–Kier alpha value is -0.0800. The molecule has 15 heavy (non-hydrogen) atoms. The van der Waals surface area contributed by atoms with E-state index in [1.165, 1.54) is 19.4 Å². The predicted molar refractivity (Wildman–Crippen MR) is 63.0 cm³/mol. The highest BCUT2D eigenvalue weighted by atomic mass is 16.5. The van der Waals surface area contributed by atoms with Crippen LogP contribution in [0.5, 0.6) is 0 Å². The summed E-state index contributed by atoms with van der Waals surface area (Å²) in [6.45, 7) is 12.6. The van der Waals surface area contributed by atoms with Crippen LogP contribution in [-0.4, -0.2) is 36.2 Å². The Labute approximate surface area is 94.0 Å². The number of hydrogen-bond acceptors (Lipinski definition) is 2. The monoisotopic (exact) mass is 211 g/mol. The van der Waals surface area contributed by atoms with Crippen LogP contribution in [0.25, 0.3) is 0 Å². The highest BCUT2D eigenvalue weighted by molar-refractivity contribution is 4.98. The van der Waals surface area contributed by atoms with Gasteiger partial charge in [0.1, 0.15) is 0 Å². The van der Waals surface area contributed by atoms with E-state index in [0.717, 1.165) is 31.1 Å². The van der Waals surface area contributed by atoms with E-state index >= 15 is 0 Å². The first-order valence-corrected chi connectivity index (χ1v) is 6.38. The van der Waals surface area contributed by atoms with Crippen molar-refractivity contribution in [1.82, 2.24) is 4.90 Å². The van der Waals surface area contributed by atoms with Gasteiger partial charge in [-0.2, -0.15) is 0 Å². The van der Waals surface area contributed by atoms with Crippen molar-refractivity contribution < 1.29 is 4.74 Å². The normalized spacial score (nSPS) is 38.0. The van der Waals surface area contributed by atoms with Crippen LogP contribution in [0, 0.1) is 11.8 Å². The summed E-state index contributed by atoms with van der Waals surface area (Å²) in [6.07, 6.45) is 2.54. The minimum absolute atomic E-state index is 0.317. The van der Waals surface area contributed by atoms with Crippen molar-refractivity contribution >= 4 is 0 Å². The summed E-state index contributed by atoms with van der Waals surface area (Å²) in [5.41, 5.74) is 0.317. The van der Waals surface area contributed by atoms with Crippen LogP contribution in [0.4, 0.5) is 0 Å². The van der Waals surface area contributed by atoms with E-state index in [2.05, 4.69) is 32.6 Å². The molecule has 2 saturated heterocycles. The molecule has 0 N–H and O–H groups in total. The molecule has 0 aromatic rings. The minimum atomic E-state index is 0.317. The fourth-order valence-electron chi connectivity index (χ4n) is 3.37. The van der Waals surface area contributed by atoms with Crippen molar-refractivity contribution in [3.05, 3.63) is 0 Å². The van der Waals surface area contributed by atoms with Gasteiger partial charge in [-0.1, -0.05) is 6.92 Å². The van der Waals surface area contributed by atoms with Gasteiger partial charge in [0.2, 0.25) is 0 Å². The molecular weight excluding hydrogens is 186 g/mol. The molecule has 0 saturated carbocycles. The van der Waals surface area contributed by atoms with Crippen LogP contribution in [0.15, 0.2) is 0 Å². The zero-order valence-corrected chi connectivity index (χ0v) is 10.6. The summed E-state index contributed by atoms with van der Waals surface area (Å²) in [6, 6.07) is 0.746. The number of ether oxygens (including phenoxy) is 1. The standard InChI is InChI=1S/C13H25NO/c1-5-12-11-9-15-7-6-10(11)8-14(12)13(2,3)4/h10-12H,5-9H2,1-4H3. The van der Waals surface area contributed by atoms with Gasteiger partial charge < -0.3 is 4.74 Å². The van der Waals surface area contributed by atoms with Crippen LogP contribution in [-0.2, 0) is 4.74 Å². The SMILES string of the molecule is CCC1C2COCCC2CN1C(C)(C)C. The second-order valence-electron chi connectivity index (χ2n) is 6.09. The fraction of sp³-hybridized carbons (Fsp3) is 1.00. The molecule has 0 spiro atoms. The van der Waals surface area contributed by atoms with Crippen molar-refractivity contribution in [2.45, 2.75) is 52.1 Å². The average molecular weight is 211 g/mol. The van der Waals surface area contributed by atoms with Gasteiger partial charge in [-0.3, -0.25) is 4.90 Å². The van der Waals surface area contributed by atoms with Crippen molar-refractivity contribution in [1.29, 1.82) is 0 Å². The fourth-order valence-corrected chi connectivity index (χ4v) is 3.37. The molecule has 3 unspecified atom stereocenters. The second kappa shape index (κ2) is 4.06. The molecule has 2 heteroatoms. The van der Waals surface area contributed by atoms with Crippen molar-refractivity contribution in [3.8, 4) is 0 Å². The number of nitrogens with zero attached hydrogens (tertiary/aromatic N) is 1. The third-order valence-corrected chi connectivity index (χ3v) is 4.15. The van der Waals surface area contributed by atoms with E-state index < -0.39 is 0 Å². The van der Waals surface area contributed by atoms with Crippen LogP contribution in [0.3, 0.4) is 0 Å². The van der Waals surface area contributed by atoms with Gasteiger partial charge in [0.15, 0.2) is 0 Å². The quantitative estimate of drug-likeness (QED) is 0.661. The number of hydrogen-bond donors (Lipinski definition) is 0. The second-order valence-corrected chi connectivity index (χ2v) is 6.09. The largest absolute Gasteiger partial charge is 0.381 e. The van der Waals surface area contributed by atoms with Crippen LogP contribution in [0.1, 0.15) is 40.5 Å². The average Bonchev–Trinajstić information content (AvgIpc) is 2.55. The van der Waals surface area contributed by atoms with Gasteiger partial charge >= 0.3 is 0 Å². The first-order chi connectivity index (χ1) is 7.04. The lowest BCUT2D eigenvalue weighted by Gasteiger charge is -2.38. The van der Waals surface area contributed by atoms with Crippen molar-refractivity contribution in [2.75, 3.05) is 19.8 Å². The lowest BCUT2D eigenvalue weighted by molar-refractivity contribution is 0.0190. The molecule has 2 rings (SSSR count). The zero-order chi connectivity index (χ0) is 11.1. The summed E-state index contributed by atoms with van der Waals surface area (Å²) in [5.74, 6) is 1.69. The lowest BCUT2D eigenvalue weighted by Crippen LogP contribution is -2.46. The maximum absolute atomic E-state index is 5.65. The van der Waals surface area contributed by atoms with E-state index in [0.29, 0.717) is 5.54 Å². The first-order valence-electron chi connectivity index (χ1n) is 6.38. The van der Waals surface area contributed by atoms with Gasteiger partial charge in [0, 0.05) is 30.7 Å². The van der Waals surface area contributed by atoms with E-state index in [1.807, 2.05) is 0 Å². The van der Waals surface area contributed by atoms with Gasteiger partial charge in [-0.15, -0.1) is 0 Å². The van der Waals surface area contributed by atoms with E-state index in [9.17, 15) is 0 Å². The van der Waals surface area contributed by atoms with Crippen molar-refractivity contribution in [3.63, 3.8) is 0 Å². The summed E-state index contributed by atoms with van der Waals surface area (Å²) >= 11 is 0. The molecule has 2 heterocycles. The molecule has 2 nitrogen and oxygen atoms in total. The molecule has 0 aromatic heterocycles. The molecule has 0 aliphatic carbocycles. The molecule has 0 radical (unpaired) electrons. The third-order valence-electron chi connectivity index (χ3n) is 4.15. The summed E-state index contributed by atoms with van der Waals surface area (Å²) < 4.78 is 5.65. The maximum Gasteiger partial charge on any atom is 0.0512 e. The summed E-state index contributed by atoms with van der Waals surface area (Å²) in [7, 11) is 0. The topological polar surface area (TPSA) is 12.5 Å². The van der Waals surface area contributed by atoms with Gasteiger partial charge in [0.25, 0.3) is 0 Å². The first kappa shape index (κ1) is 11.4. The Morgan fingerprint density at radius 1 is 1.33 bits per heavy atom. The number of likely N-dealkylation sites (tertiary alicyclic amines) is 1. The molecule has 0 bridgehead atoms. The lowest BCUT2D eigenvalue weighted by atomic mass is 9.86. The predicted octanol–water partition coefficient (Wildman–Crippen LogP) is 2.53. The minimum Gasteiger partial charge on any atom is -0.381 e. The Kier molecular flexibility index (Phi) is 3.09. The molecule has 3 atom stereocenters. The molecule has 2 fully saturated rings. The number of rotatable bonds is 1. The molecule has 88 valence electrons.